The second-order valence-corrected chi connectivity index (χ2v) is 6.57. The van der Waals surface area contributed by atoms with Crippen LogP contribution in [0.1, 0.15) is 30.9 Å². The van der Waals surface area contributed by atoms with Gasteiger partial charge in [0, 0.05) is 12.0 Å². The number of nitrogens with zero attached hydrogens (tertiary/aromatic N) is 1. The van der Waals surface area contributed by atoms with E-state index in [4.69, 9.17) is 18.3 Å². The average molecular weight is 325 g/mol. The summed E-state index contributed by atoms with van der Waals surface area (Å²) < 4.78 is 23.0. The molecular weight excluding hydrogens is 306 g/mol. The van der Waals surface area contributed by atoms with Crippen molar-refractivity contribution in [1.82, 2.24) is 4.98 Å². The van der Waals surface area contributed by atoms with Gasteiger partial charge in [0.25, 0.3) is 5.89 Å². The van der Waals surface area contributed by atoms with Gasteiger partial charge in [0.1, 0.15) is 23.7 Å². The Hall–Kier alpha value is -2.69. The van der Waals surface area contributed by atoms with Crippen molar-refractivity contribution in [3.63, 3.8) is 0 Å². The van der Waals surface area contributed by atoms with E-state index < -0.39 is 0 Å². The van der Waals surface area contributed by atoms with Crippen LogP contribution in [-0.4, -0.2) is 10.6 Å². The Morgan fingerprint density at radius 3 is 2.88 bits per heavy atom. The molecule has 1 aromatic carbocycles. The number of hydrogen-bond donors (Lipinski definition) is 0. The number of rotatable bonds is 4. The molecule has 1 aliphatic rings. The van der Waals surface area contributed by atoms with Gasteiger partial charge in [-0.15, -0.1) is 0 Å². The van der Waals surface area contributed by atoms with Gasteiger partial charge in [-0.3, -0.25) is 0 Å². The third-order valence-corrected chi connectivity index (χ3v) is 4.04. The number of ether oxygens (including phenoxy) is 2. The molecule has 0 aliphatic carbocycles. The maximum Gasteiger partial charge on any atom is 0.263 e. The van der Waals surface area contributed by atoms with E-state index in [1.54, 1.807) is 12.3 Å². The Balaban J connectivity index is 1.54. The summed E-state index contributed by atoms with van der Waals surface area (Å²) in [5.74, 6) is 3.35. The highest BCUT2D eigenvalue weighted by Crippen LogP contribution is 2.42. The van der Waals surface area contributed by atoms with E-state index in [1.807, 2.05) is 25.1 Å². The molecule has 0 spiro atoms. The fourth-order valence-electron chi connectivity index (χ4n) is 2.91. The Bertz CT molecular complexity index is 862. The van der Waals surface area contributed by atoms with E-state index in [0.717, 1.165) is 29.4 Å². The standard InChI is InChI=1S/C19H19NO4/c1-12-14(20-18(23-12)16-8-5-9-21-16)11-22-15-7-4-6-13-10-19(2,3)24-17(13)15/h4-9H,10-11H2,1-3H3. The molecule has 2 aromatic heterocycles. The molecule has 24 heavy (non-hydrogen) atoms. The zero-order valence-electron chi connectivity index (χ0n) is 14.0. The summed E-state index contributed by atoms with van der Waals surface area (Å²) in [6.07, 6.45) is 2.47. The average Bonchev–Trinajstić information content (AvgIpc) is 3.22. The molecule has 1 aliphatic heterocycles. The molecule has 124 valence electrons. The van der Waals surface area contributed by atoms with Crippen LogP contribution in [0, 0.1) is 6.92 Å². The number of aromatic nitrogens is 1. The monoisotopic (exact) mass is 325 g/mol. The summed E-state index contributed by atoms with van der Waals surface area (Å²) in [4.78, 5) is 4.46. The Morgan fingerprint density at radius 1 is 1.21 bits per heavy atom. The van der Waals surface area contributed by atoms with Crippen molar-refractivity contribution in [2.24, 2.45) is 0 Å². The predicted molar refractivity (Wildman–Crippen MR) is 88.1 cm³/mol. The summed E-state index contributed by atoms with van der Waals surface area (Å²) >= 11 is 0. The number of benzene rings is 1. The van der Waals surface area contributed by atoms with Crippen LogP contribution in [0.4, 0.5) is 0 Å². The Morgan fingerprint density at radius 2 is 2.08 bits per heavy atom. The molecule has 5 nitrogen and oxygen atoms in total. The highest BCUT2D eigenvalue weighted by Gasteiger charge is 2.32. The van der Waals surface area contributed by atoms with Gasteiger partial charge >= 0.3 is 0 Å². The minimum atomic E-state index is -0.196. The SMILES string of the molecule is Cc1oc(-c2ccco2)nc1COc1cccc2c1OC(C)(C)C2. The molecule has 0 unspecified atom stereocenters. The van der Waals surface area contributed by atoms with Gasteiger partial charge in [-0.1, -0.05) is 12.1 Å². The fraction of sp³-hybridized carbons (Fsp3) is 0.316. The first-order valence-electron chi connectivity index (χ1n) is 7.96. The molecule has 3 heterocycles. The quantitative estimate of drug-likeness (QED) is 0.705. The van der Waals surface area contributed by atoms with Crippen molar-refractivity contribution in [3.05, 3.63) is 53.6 Å². The van der Waals surface area contributed by atoms with Crippen LogP contribution in [-0.2, 0) is 13.0 Å². The Labute approximate surface area is 140 Å². The lowest BCUT2D eigenvalue weighted by molar-refractivity contribution is 0.131. The predicted octanol–water partition coefficient (Wildman–Crippen LogP) is 4.54. The summed E-state index contributed by atoms with van der Waals surface area (Å²) in [6.45, 7) is 6.34. The van der Waals surface area contributed by atoms with E-state index in [2.05, 4.69) is 24.9 Å². The lowest BCUT2D eigenvalue weighted by Gasteiger charge is -2.18. The highest BCUT2D eigenvalue weighted by atomic mass is 16.5. The van der Waals surface area contributed by atoms with Crippen molar-refractivity contribution in [3.8, 4) is 23.1 Å². The minimum absolute atomic E-state index is 0.196. The van der Waals surface area contributed by atoms with Gasteiger partial charge in [-0.05, 0) is 39.0 Å². The molecule has 0 radical (unpaired) electrons. The molecule has 0 bridgehead atoms. The number of hydrogen-bond acceptors (Lipinski definition) is 5. The molecule has 0 amide bonds. The molecule has 0 N–H and O–H groups in total. The maximum atomic E-state index is 6.02. The highest BCUT2D eigenvalue weighted by molar-refractivity contribution is 5.50. The Kier molecular flexibility index (Phi) is 3.37. The first-order chi connectivity index (χ1) is 11.5. The lowest BCUT2D eigenvalue weighted by Crippen LogP contribution is -2.24. The van der Waals surface area contributed by atoms with Crippen molar-refractivity contribution < 1.29 is 18.3 Å². The van der Waals surface area contributed by atoms with Crippen LogP contribution in [0.15, 0.2) is 45.4 Å². The van der Waals surface area contributed by atoms with Crippen LogP contribution in [0.3, 0.4) is 0 Å². The summed E-state index contributed by atoms with van der Waals surface area (Å²) in [6, 6.07) is 9.60. The zero-order valence-corrected chi connectivity index (χ0v) is 14.0. The third kappa shape index (κ3) is 2.66. The summed E-state index contributed by atoms with van der Waals surface area (Å²) in [7, 11) is 0. The van der Waals surface area contributed by atoms with Crippen LogP contribution in [0.25, 0.3) is 11.7 Å². The van der Waals surface area contributed by atoms with Crippen molar-refractivity contribution >= 4 is 0 Å². The molecule has 5 heteroatoms. The maximum absolute atomic E-state index is 6.02. The van der Waals surface area contributed by atoms with Gasteiger partial charge < -0.3 is 18.3 Å². The summed E-state index contributed by atoms with van der Waals surface area (Å²) in [5, 5.41) is 0. The molecule has 0 saturated carbocycles. The lowest BCUT2D eigenvalue weighted by atomic mass is 10.0. The van der Waals surface area contributed by atoms with Crippen molar-refractivity contribution in [2.45, 2.75) is 39.4 Å². The third-order valence-electron chi connectivity index (χ3n) is 4.04. The van der Waals surface area contributed by atoms with Crippen LogP contribution in [0.2, 0.25) is 0 Å². The minimum Gasteiger partial charge on any atom is -0.483 e. The van der Waals surface area contributed by atoms with Gasteiger partial charge in [-0.25, -0.2) is 4.98 Å². The number of furan rings is 1. The van der Waals surface area contributed by atoms with Gasteiger partial charge in [-0.2, -0.15) is 0 Å². The number of para-hydroxylation sites is 1. The van der Waals surface area contributed by atoms with E-state index in [0.29, 0.717) is 18.3 Å². The van der Waals surface area contributed by atoms with Gasteiger partial charge in [0.15, 0.2) is 17.3 Å². The number of aryl methyl sites for hydroxylation is 1. The van der Waals surface area contributed by atoms with E-state index in [1.165, 1.54) is 5.56 Å². The molecular formula is C19H19NO4. The van der Waals surface area contributed by atoms with Gasteiger partial charge in [0.05, 0.1) is 6.26 Å². The normalized spacial score (nSPS) is 15.1. The molecule has 0 saturated heterocycles. The molecule has 0 atom stereocenters. The number of fused-ring (bicyclic) bond motifs is 1. The van der Waals surface area contributed by atoms with E-state index >= 15 is 0 Å². The van der Waals surface area contributed by atoms with Crippen molar-refractivity contribution in [1.29, 1.82) is 0 Å². The van der Waals surface area contributed by atoms with Crippen molar-refractivity contribution in [2.75, 3.05) is 0 Å². The van der Waals surface area contributed by atoms with Crippen LogP contribution in [0.5, 0.6) is 11.5 Å². The first kappa shape index (κ1) is 14.9. The molecule has 3 aromatic rings. The molecule has 4 rings (SSSR count). The molecule has 0 fully saturated rings. The first-order valence-corrected chi connectivity index (χ1v) is 7.96. The largest absolute Gasteiger partial charge is 0.483 e. The topological polar surface area (TPSA) is 57.6 Å². The van der Waals surface area contributed by atoms with Crippen LogP contribution < -0.4 is 9.47 Å². The zero-order chi connectivity index (χ0) is 16.7. The second-order valence-electron chi connectivity index (χ2n) is 6.57. The van der Waals surface area contributed by atoms with E-state index in [9.17, 15) is 0 Å². The smallest absolute Gasteiger partial charge is 0.263 e. The van der Waals surface area contributed by atoms with Crippen LogP contribution >= 0.6 is 0 Å². The summed E-state index contributed by atoms with van der Waals surface area (Å²) in [5.41, 5.74) is 1.72. The fourth-order valence-corrected chi connectivity index (χ4v) is 2.91. The number of oxazole rings is 1. The second kappa shape index (κ2) is 5.44. The van der Waals surface area contributed by atoms with E-state index in [-0.39, 0.29) is 5.60 Å². The van der Waals surface area contributed by atoms with Gasteiger partial charge in [0.2, 0.25) is 0 Å².